The number of sulfone groups is 1. The van der Waals surface area contributed by atoms with Crippen LogP contribution >= 0.6 is 0 Å². The van der Waals surface area contributed by atoms with Crippen molar-refractivity contribution in [1.82, 2.24) is 4.90 Å². The molecule has 0 spiro atoms. The van der Waals surface area contributed by atoms with E-state index >= 15 is 0 Å². The Morgan fingerprint density at radius 3 is 2.35 bits per heavy atom. The van der Waals surface area contributed by atoms with Crippen molar-refractivity contribution in [3.63, 3.8) is 0 Å². The fourth-order valence-electron chi connectivity index (χ4n) is 2.60. The van der Waals surface area contributed by atoms with Crippen molar-refractivity contribution in [3.8, 4) is 0 Å². The van der Waals surface area contributed by atoms with Crippen LogP contribution in [0.4, 0.5) is 4.79 Å². The fraction of sp³-hybridized carbons (Fsp3) is 0.867. The number of carboxylic acid groups (broad SMARTS) is 1. The van der Waals surface area contributed by atoms with Gasteiger partial charge in [0.25, 0.3) is 0 Å². The minimum absolute atomic E-state index is 0.0150. The second-order valence-corrected chi connectivity index (χ2v) is 9.44. The molecule has 134 valence electrons. The van der Waals surface area contributed by atoms with E-state index in [4.69, 9.17) is 4.74 Å². The van der Waals surface area contributed by atoms with Crippen LogP contribution in [-0.2, 0) is 19.4 Å². The lowest BCUT2D eigenvalue weighted by Gasteiger charge is -2.27. The van der Waals surface area contributed by atoms with Crippen LogP contribution in [0.3, 0.4) is 0 Å². The van der Waals surface area contributed by atoms with E-state index in [-0.39, 0.29) is 37.4 Å². The highest BCUT2D eigenvalue weighted by molar-refractivity contribution is 7.91. The van der Waals surface area contributed by atoms with Crippen molar-refractivity contribution in [2.75, 3.05) is 24.6 Å². The number of ether oxygens (including phenoxy) is 1. The fourth-order valence-corrected chi connectivity index (χ4v) is 4.13. The van der Waals surface area contributed by atoms with Crippen LogP contribution in [0, 0.1) is 5.41 Å². The topological polar surface area (TPSA) is 101 Å². The first-order chi connectivity index (χ1) is 10.4. The van der Waals surface area contributed by atoms with Crippen LogP contribution in [0.25, 0.3) is 0 Å². The Bertz CT molecular complexity index is 551. The maximum atomic E-state index is 12.1. The van der Waals surface area contributed by atoms with E-state index < -0.39 is 32.9 Å². The number of carbonyl (C=O) groups is 2. The molecule has 1 aliphatic heterocycles. The minimum Gasteiger partial charge on any atom is -0.481 e. The zero-order valence-electron chi connectivity index (χ0n) is 14.3. The van der Waals surface area contributed by atoms with Gasteiger partial charge in [0.2, 0.25) is 0 Å². The van der Waals surface area contributed by atoms with Gasteiger partial charge in [0.15, 0.2) is 0 Å². The Kier molecular flexibility index (Phi) is 6.06. The molecule has 23 heavy (non-hydrogen) atoms. The molecule has 0 aromatic heterocycles. The standard InChI is InChI=1S/C15H27NO6S/c1-5-9-23(20,21)10-7-15(12(17)18)6-8-16(11-15)13(19)22-14(2,3)4/h5-11H2,1-4H3,(H,17,18). The van der Waals surface area contributed by atoms with Crippen molar-refractivity contribution >= 4 is 21.9 Å². The number of nitrogens with zero attached hydrogens (tertiary/aromatic N) is 1. The van der Waals surface area contributed by atoms with Gasteiger partial charge in [-0.1, -0.05) is 6.92 Å². The summed E-state index contributed by atoms with van der Waals surface area (Å²) in [4.78, 5) is 25.1. The summed E-state index contributed by atoms with van der Waals surface area (Å²) in [6, 6.07) is 0. The SMILES string of the molecule is CCCS(=O)(=O)CCC1(C(=O)O)CCN(C(=O)OC(C)(C)C)C1. The van der Waals surface area contributed by atoms with E-state index in [0.717, 1.165) is 0 Å². The summed E-state index contributed by atoms with van der Waals surface area (Å²) in [6.45, 7) is 7.23. The van der Waals surface area contributed by atoms with Gasteiger partial charge in [0, 0.05) is 18.8 Å². The third kappa shape index (κ3) is 5.67. The maximum absolute atomic E-state index is 12.1. The normalized spacial score (nSPS) is 22.2. The third-order valence-corrected chi connectivity index (χ3v) is 5.72. The van der Waals surface area contributed by atoms with Crippen LogP contribution in [0.5, 0.6) is 0 Å². The molecule has 1 unspecified atom stereocenters. The zero-order chi connectivity index (χ0) is 17.9. The molecule has 1 atom stereocenters. The zero-order valence-corrected chi connectivity index (χ0v) is 15.1. The van der Waals surface area contributed by atoms with Crippen LogP contribution in [0.15, 0.2) is 0 Å². The van der Waals surface area contributed by atoms with E-state index in [1.54, 1.807) is 27.7 Å². The molecule has 1 saturated heterocycles. The first-order valence-electron chi connectivity index (χ1n) is 7.82. The van der Waals surface area contributed by atoms with Crippen LogP contribution < -0.4 is 0 Å². The molecule has 0 aromatic carbocycles. The average Bonchev–Trinajstić information content (AvgIpc) is 2.80. The number of amides is 1. The molecular weight excluding hydrogens is 322 g/mol. The van der Waals surface area contributed by atoms with Gasteiger partial charge < -0.3 is 14.7 Å². The van der Waals surface area contributed by atoms with E-state index in [9.17, 15) is 23.1 Å². The van der Waals surface area contributed by atoms with Crippen molar-refractivity contribution in [1.29, 1.82) is 0 Å². The predicted octanol–water partition coefficient (Wildman–Crippen LogP) is 1.91. The van der Waals surface area contributed by atoms with Crippen molar-refractivity contribution in [2.45, 2.75) is 52.6 Å². The molecule has 0 aliphatic carbocycles. The first kappa shape index (κ1) is 19.7. The van der Waals surface area contributed by atoms with Crippen LogP contribution in [-0.4, -0.2) is 60.7 Å². The number of carbonyl (C=O) groups excluding carboxylic acids is 1. The molecule has 1 amide bonds. The predicted molar refractivity (Wildman–Crippen MR) is 86.1 cm³/mol. The van der Waals surface area contributed by atoms with E-state index in [0.29, 0.717) is 6.42 Å². The van der Waals surface area contributed by atoms with Crippen molar-refractivity contribution in [3.05, 3.63) is 0 Å². The van der Waals surface area contributed by atoms with Crippen molar-refractivity contribution < 1.29 is 27.9 Å². The molecule has 0 aromatic rings. The van der Waals surface area contributed by atoms with Crippen LogP contribution in [0.1, 0.15) is 47.0 Å². The van der Waals surface area contributed by atoms with Crippen LogP contribution in [0.2, 0.25) is 0 Å². The Balaban J connectivity index is 2.78. The summed E-state index contributed by atoms with van der Waals surface area (Å²) in [5.74, 6) is -1.18. The number of likely N-dealkylation sites (tertiary alicyclic amines) is 1. The van der Waals surface area contributed by atoms with Gasteiger partial charge in [-0.05, 0) is 40.0 Å². The Morgan fingerprint density at radius 2 is 1.87 bits per heavy atom. The average molecular weight is 349 g/mol. The lowest BCUT2D eigenvalue weighted by Crippen LogP contribution is -2.40. The van der Waals surface area contributed by atoms with Crippen molar-refractivity contribution in [2.24, 2.45) is 5.41 Å². The highest BCUT2D eigenvalue weighted by Crippen LogP contribution is 2.35. The summed E-state index contributed by atoms with van der Waals surface area (Å²) < 4.78 is 29.0. The lowest BCUT2D eigenvalue weighted by atomic mass is 9.84. The highest BCUT2D eigenvalue weighted by Gasteiger charge is 2.47. The van der Waals surface area contributed by atoms with E-state index in [1.807, 2.05) is 0 Å². The summed E-state index contributed by atoms with van der Waals surface area (Å²) in [7, 11) is -3.26. The third-order valence-electron chi connectivity index (χ3n) is 3.87. The molecule has 0 radical (unpaired) electrons. The quantitative estimate of drug-likeness (QED) is 0.786. The second kappa shape index (κ2) is 7.07. The molecule has 7 nitrogen and oxygen atoms in total. The smallest absolute Gasteiger partial charge is 0.410 e. The van der Waals surface area contributed by atoms with Gasteiger partial charge in [-0.2, -0.15) is 0 Å². The number of hydrogen-bond donors (Lipinski definition) is 1. The highest BCUT2D eigenvalue weighted by atomic mass is 32.2. The Hall–Kier alpha value is -1.31. The number of carboxylic acids is 1. The van der Waals surface area contributed by atoms with Gasteiger partial charge >= 0.3 is 12.1 Å². The Morgan fingerprint density at radius 1 is 1.26 bits per heavy atom. The number of hydrogen-bond acceptors (Lipinski definition) is 5. The van der Waals surface area contributed by atoms with Gasteiger partial charge in [0.1, 0.15) is 15.4 Å². The van der Waals surface area contributed by atoms with E-state index in [2.05, 4.69) is 0 Å². The maximum Gasteiger partial charge on any atom is 0.410 e. The van der Waals surface area contributed by atoms with Gasteiger partial charge in [0.05, 0.1) is 11.2 Å². The molecular formula is C15H27NO6S. The van der Waals surface area contributed by atoms with Gasteiger partial charge in [-0.3, -0.25) is 4.79 Å². The lowest BCUT2D eigenvalue weighted by molar-refractivity contribution is -0.148. The van der Waals surface area contributed by atoms with E-state index in [1.165, 1.54) is 4.90 Å². The molecule has 1 heterocycles. The molecule has 1 rings (SSSR count). The minimum atomic E-state index is -3.26. The molecule has 0 bridgehead atoms. The first-order valence-corrected chi connectivity index (χ1v) is 9.65. The molecule has 1 fully saturated rings. The summed E-state index contributed by atoms with van der Waals surface area (Å²) in [6.07, 6.45) is 0.205. The van der Waals surface area contributed by atoms with Gasteiger partial charge in [-0.25, -0.2) is 13.2 Å². The monoisotopic (exact) mass is 349 g/mol. The van der Waals surface area contributed by atoms with Gasteiger partial charge in [-0.15, -0.1) is 0 Å². The second-order valence-electron chi connectivity index (χ2n) is 7.14. The molecule has 1 N–H and O–H groups in total. The molecule has 1 aliphatic rings. The summed E-state index contributed by atoms with van der Waals surface area (Å²) >= 11 is 0. The molecule has 0 saturated carbocycles. The Labute approximate surface area is 137 Å². The number of rotatable bonds is 6. The number of aliphatic carboxylic acids is 1. The summed E-state index contributed by atoms with van der Waals surface area (Å²) in [5.41, 5.74) is -1.87. The summed E-state index contributed by atoms with van der Waals surface area (Å²) in [5, 5.41) is 9.55. The largest absolute Gasteiger partial charge is 0.481 e. The molecule has 8 heteroatoms.